The predicted molar refractivity (Wildman–Crippen MR) is 124 cm³/mol. The van der Waals surface area contributed by atoms with Gasteiger partial charge in [0.25, 0.3) is 0 Å². The highest BCUT2D eigenvalue weighted by Crippen LogP contribution is 2.22. The molecule has 160 valence electrons. The summed E-state index contributed by atoms with van der Waals surface area (Å²) in [5, 5.41) is 8.82. The third kappa shape index (κ3) is 7.10. The van der Waals surface area contributed by atoms with Gasteiger partial charge in [0, 0.05) is 26.4 Å². The maximum absolute atomic E-state index is 12.5. The molecule has 0 aromatic heterocycles. The quantitative estimate of drug-likeness (QED) is 0.485. The fraction of sp³-hybridized carbons (Fsp3) is 0.259. The van der Waals surface area contributed by atoms with Crippen LogP contribution in [0.25, 0.3) is 11.1 Å². The van der Waals surface area contributed by atoms with Crippen molar-refractivity contribution < 1.29 is 14.7 Å². The fourth-order valence-corrected chi connectivity index (χ4v) is 3.61. The summed E-state index contributed by atoms with van der Waals surface area (Å²) < 4.78 is 0. The molecule has 3 rings (SSSR count). The average molecular weight is 416 g/mol. The first-order valence-corrected chi connectivity index (χ1v) is 10.7. The molecule has 0 aliphatic heterocycles. The number of amides is 1. The number of benzene rings is 3. The number of hydrogen-bond donors (Lipinski definition) is 1. The summed E-state index contributed by atoms with van der Waals surface area (Å²) in [4.78, 5) is 25.0. The van der Waals surface area contributed by atoms with Crippen LogP contribution in [0.5, 0.6) is 0 Å². The Labute approximate surface area is 184 Å². The van der Waals surface area contributed by atoms with Crippen LogP contribution in [0.3, 0.4) is 0 Å². The van der Waals surface area contributed by atoms with Gasteiger partial charge in [0.05, 0.1) is 0 Å². The second-order valence-corrected chi connectivity index (χ2v) is 7.88. The standard InChI is InChI=1S/C27H29NO3/c1-28(26(29)12-6-9-21-7-3-2-4-8-21)20-23-10-5-11-25(19-23)24-16-13-22(14-17-24)15-18-27(30)31/h2-5,7-8,10-11,13-14,16-17,19H,6,9,12,15,18,20H2,1H3,(H,30,31). The van der Waals surface area contributed by atoms with Gasteiger partial charge < -0.3 is 10.0 Å². The number of nitrogens with zero attached hydrogens (tertiary/aromatic N) is 1. The minimum Gasteiger partial charge on any atom is -0.481 e. The molecule has 1 N–H and O–H groups in total. The van der Waals surface area contributed by atoms with Crippen LogP contribution in [0.1, 0.15) is 36.0 Å². The number of carbonyl (C=O) groups is 2. The van der Waals surface area contributed by atoms with E-state index >= 15 is 0 Å². The van der Waals surface area contributed by atoms with Crippen molar-refractivity contribution in [1.29, 1.82) is 0 Å². The Morgan fingerprint density at radius 3 is 2.13 bits per heavy atom. The summed E-state index contributed by atoms with van der Waals surface area (Å²) in [6, 6.07) is 26.5. The largest absolute Gasteiger partial charge is 0.481 e. The number of aliphatic carboxylic acids is 1. The third-order valence-electron chi connectivity index (χ3n) is 5.39. The number of aryl methyl sites for hydroxylation is 2. The van der Waals surface area contributed by atoms with Crippen LogP contribution in [0, 0.1) is 0 Å². The van der Waals surface area contributed by atoms with E-state index in [1.54, 1.807) is 4.90 Å². The van der Waals surface area contributed by atoms with Gasteiger partial charge in [-0.15, -0.1) is 0 Å². The molecule has 0 spiro atoms. The van der Waals surface area contributed by atoms with Gasteiger partial charge in [0.15, 0.2) is 0 Å². The summed E-state index contributed by atoms with van der Waals surface area (Å²) in [5.74, 6) is -0.625. The molecule has 0 aliphatic carbocycles. The van der Waals surface area contributed by atoms with E-state index in [0.717, 1.165) is 35.1 Å². The maximum Gasteiger partial charge on any atom is 0.303 e. The Morgan fingerprint density at radius 2 is 1.42 bits per heavy atom. The lowest BCUT2D eigenvalue weighted by molar-refractivity contribution is -0.137. The molecule has 4 nitrogen and oxygen atoms in total. The molecule has 0 unspecified atom stereocenters. The van der Waals surface area contributed by atoms with Crippen LogP contribution in [0.15, 0.2) is 78.9 Å². The van der Waals surface area contributed by atoms with E-state index in [0.29, 0.717) is 19.4 Å². The molecule has 0 fully saturated rings. The second kappa shape index (κ2) is 11.1. The molecule has 3 aromatic carbocycles. The van der Waals surface area contributed by atoms with Gasteiger partial charge in [-0.1, -0.05) is 72.8 Å². The molecule has 1 amide bonds. The Kier molecular flexibility index (Phi) is 7.99. The van der Waals surface area contributed by atoms with E-state index in [1.807, 2.05) is 61.6 Å². The van der Waals surface area contributed by atoms with Crippen molar-refractivity contribution in [2.45, 2.75) is 38.6 Å². The van der Waals surface area contributed by atoms with Crippen molar-refractivity contribution in [1.82, 2.24) is 4.90 Å². The highest BCUT2D eigenvalue weighted by atomic mass is 16.4. The minimum absolute atomic E-state index is 0.139. The lowest BCUT2D eigenvalue weighted by Crippen LogP contribution is -2.26. The number of carbonyl (C=O) groups excluding carboxylic acids is 1. The maximum atomic E-state index is 12.5. The number of carboxylic acid groups (broad SMARTS) is 1. The van der Waals surface area contributed by atoms with Crippen molar-refractivity contribution in [2.75, 3.05) is 7.05 Å². The topological polar surface area (TPSA) is 57.6 Å². The van der Waals surface area contributed by atoms with Crippen molar-refractivity contribution in [3.05, 3.63) is 95.6 Å². The van der Waals surface area contributed by atoms with Gasteiger partial charge in [0.2, 0.25) is 5.91 Å². The zero-order valence-corrected chi connectivity index (χ0v) is 18.0. The zero-order valence-electron chi connectivity index (χ0n) is 18.0. The van der Waals surface area contributed by atoms with E-state index in [1.165, 1.54) is 5.56 Å². The van der Waals surface area contributed by atoms with E-state index in [2.05, 4.69) is 24.3 Å². The van der Waals surface area contributed by atoms with E-state index in [4.69, 9.17) is 5.11 Å². The van der Waals surface area contributed by atoms with E-state index < -0.39 is 5.97 Å². The Bertz CT molecular complexity index is 997. The normalized spacial score (nSPS) is 10.6. The first-order valence-electron chi connectivity index (χ1n) is 10.7. The lowest BCUT2D eigenvalue weighted by Gasteiger charge is -2.18. The third-order valence-corrected chi connectivity index (χ3v) is 5.39. The van der Waals surface area contributed by atoms with Crippen LogP contribution in [-0.2, 0) is 29.0 Å². The fourth-order valence-electron chi connectivity index (χ4n) is 3.61. The van der Waals surface area contributed by atoms with Gasteiger partial charge in [-0.05, 0) is 53.1 Å². The highest BCUT2D eigenvalue weighted by molar-refractivity contribution is 5.76. The van der Waals surface area contributed by atoms with E-state index in [-0.39, 0.29) is 12.3 Å². The molecule has 31 heavy (non-hydrogen) atoms. The minimum atomic E-state index is -0.782. The zero-order chi connectivity index (χ0) is 22.1. The highest BCUT2D eigenvalue weighted by Gasteiger charge is 2.10. The Morgan fingerprint density at radius 1 is 0.742 bits per heavy atom. The van der Waals surface area contributed by atoms with Crippen molar-refractivity contribution in [2.24, 2.45) is 0 Å². The number of rotatable bonds is 10. The van der Waals surface area contributed by atoms with Crippen molar-refractivity contribution in [3.63, 3.8) is 0 Å². The van der Waals surface area contributed by atoms with Crippen molar-refractivity contribution in [3.8, 4) is 11.1 Å². The summed E-state index contributed by atoms with van der Waals surface area (Å²) in [7, 11) is 1.86. The van der Waals surface area contributed by atoms with Gasteiger partial charge in [0.1, 0.15) is 0 Å². The molecule has 0 radical (unpaired) electrons. The summed E-state index contributed by atoms with van der Waals surface area (Å²) in [5.41, 5.74) is 5.54. The van der Waals surface area contributed by atoms with Gasteiger partial charge >= 0.3 is 5.97 Å². The number of carboxylic acids is 1. The SMILES string of the molecule is CN(Cc1cccc(-c2ccc(CCC(=O)O)cc2)c1)C(=O)CCCc1ccccc1. The monoisotopic (exact) mass is 415 g/mol. The first-order chi connectivity index (χ1) is 15.0. The smallest absolute Gasteiger partial charge is 0.303 e. The molecular formula is C27H29NO3. The van der Waals surface area contributed by atoms with E-state index in [9.17, 15) is 9.59 Å². The molecule has 0 aliphatic rings. The molecule has 0 heterocycles. The van der Waals surface area contributed by atoms with Crippen LogP contribution in [0.2, 0.25) is 0 Å². The molecule has 0 saturated heterocycles. The van der Waals surface area contributed by atoms with Crippen molar-refractivity contribution >= 4 is 11.9 Å². The molecule has 4 heteroatoms. The van der Waals surface area contributed by atoms with Gasteiger partial charge in [-0.3, -0.25) is 9.59 Å². The van der Waals surface area contributed by atoms with Crippen LogP contribution in [-0.4, -0.2) is 28.9 Å². The van der Waals surface area contributed by atoms with Gasteiger partial charge in [-0.2, -0.15) is 0 Å². The summed E-state index contributed by atoms with van der Waals surface area (Å²) in [6.07, 6.45) is 2.98. The average Bonchev–Trinajstić information content (AvgIpc) is 2.79. The summed E-state index contributed by atoms with van der Waals surface area (Å²) >= 11 is 0. The molecule has 0 saturated carbocycles. The predicted octanol–water partition coefficient (Wildman–Crippen LogP) is 5.35. The molecule has 3 aromatic rings. The lowest BCUT2D eigenvalue weighted by atomic mass is 10.0. The second-order valence-electron chi connectivity index (χ2n) is 7.88. The number of hydrogen-bond acceptors (Lipinski definition) is 2. The first kappa shape index (κ1) is 22.3. The summed E-state index contributed by atoms with van der Waals surface area (Å²) in [6.45, 7) is 0.578. The molecule has 0 bridgehead atoms. The van der Waals surface area contributed by atoms with Crippen LogP contribution < -0.4 is 0 Å². The molecular weight excluding hydrogens is 386 g/mol. The van der Waals surface area contributed by atoms with Crippen LogP contribution >= 0.6 is 0 Å². The Hall–Kier alpha value is -3.40. The molecule has 0 atom stereocenters. The van der Waals surface area contributed by atoms with Gasteiger partial charge in [-0.25, -0.2) is 0 Å². The van der Waals surface area contributed by atoms with Crippen LogP contribution in [0.4, 0.5) is 0 Å². The Balaban J connectivity index is 1.54.